The van der Waals surface area contributed by atoms with E-state index in [-0.39, 0.29) is 0 Å². The molecule has 1 saturated carbocycles. The highest BCUT2D eigenvalue weighted by Crippen LogP contribution is 2.62. The summed E-state index contributed by atoms with van der Waals surface area (Å²) >= 11 is 0. The zero-order chi connectivity index (χ0) is 17.5. The Labute approximate surface area is 140 Å². The second kappa shape index (κ2) is 5.77. The molecule has 0 bridgehead atoms. The summed E-state index contributed by atoms with van der Waals surface area (Å²) in [5.41, 5.74) is -1.09. The van der Waals surface area contributed by atoms with E-state index < -0.39 is 22.9 Å². The molecule has 3 rings (SSSR count). The van der Waals surface area contributed by atoms with Crippen LogP contribution in [0.2, 0.25) is 0 Å². The number of benzene rings is 1. The van der Waals surface area contributed by atoms with Crippen molar-refractivity contribution in [2.75, 3.05) is 21.3 Å². The van der Waals surface area contributed by atoms with E-state index in [0.717, 1.165) is 5.56 Å². The van der Waals surface area contributed by atoms with Gasteiger partial charge in [0.25, 0.3) is 0 Å². The highest BCUT2D eigenvalue weighted by molar-refractivity contribution is 5.91. The number of aldehydes is 1. The Hall–Kier alpha value is -2.08. The zero-order valence-corrected chi connectivity index (χ0v) is 14.1. The van der Waals surface area contributed by atoms with Gasteiger partial charge in [-0.05, 0) is 37.8 Å². The predicted octanol–water partition coefficient (Wildman–Crippen LogP) is 1.40. The van der Waals surface area contributed by atoms with Crippen LogP contribution in [-0.2, 0) is 26.2 Å². The van der Waals surface area contributed by atoms with Gasteiger partial charge in [-0.15, -0.1) is 0 Å². The van der Waals surface area contributed by atoms with E-state index in [0.29, 0.717) is 49.0 Å². The highest BCUT2D eigenvalue weighted by atomic mass is 16.5. The van der Waals surface area contributed by atoms with Gasteiger partial charge in [0.15, 0.2) is 0 Å². The molecule has 0 saturated heterocycles. The van der Waals surface area contributed by atoms with Gasteiger partial charge >= 0.3 is 5.97 Å². The zero-order valence-electron chi connectivity index (χ0n) is 14.1. The van der Waals surface area contributed by atoms with Crippen molar-refractivity contribution in [2.24, 2.45) is 5.41 Å². The first-order valence-corrected chi connectivity index (χ1v) is 7.99. The minimum absolute atomic E-state index is 0.355. The monoisotopic (exact) mass is 334 g/mol. The molecule has 1 aromatic rings. The molecule has 6 heteroatoms. The molecule has 1 aromatic carbocycles. The number of carbonyl (C=O) groups is 2. The number of fused-ring (bicyclic) bond motifs is 3. The topological polar surface area (TPSA) is 82.1 Å². The summed E-state index contributed by atoms with van der Waals surface area (Å²) in [4.78, 5) is 25.0. The fourth-order valence-corrected chi connectivity index (χ4v) is 4.70. The van der Waals surface area contributed by atoms with Crippen molar-refractivity contribution >= 4 is 12.3 Å². The van der Waals surface area contributed by atoms with Crippen LogP contribution in [0.3, 0.4) is 0 Å². The molecule has 130 valence electrons. The largest absolute Gasteiger partial charge is 0.496 e. The quantitative estimate of drug-likeness (QED) is 0.662. The smallest absolute Gasteiger partial charge is 0.313 e. The van der Waals surface area contributed by atoms with Crippen LogP contribution in [0.15, 0.2) is 12.1 Å². The average molecular weight is 334 g/mol. The number of hydrogen-bond donors (Lipinski definition) is 1. The van der Waals surface area contributed by atoms with E-state index >= 15 is 0 Å². The van der Waals surface area contributed by atoms with Crippen LogP contribution in [0.5, 0.6) is 11.5 Å². The summed E-state index contributed by atoms with van der Waals surface area (Å²) in [6.45, 7) is 0. The van der Waals surface area contributed by atoms with Crippen LogP contribution in [0.1, 0.15) is 30.4 Å². The van der Waals surface area contributed by atoms with Crippen molar-refractivity contribution in [1.82, 2.24) is 0 Å². The molecule has 3 atom stereocenters. The summed E-state index contributed by atoms with van der Waals surface area (Å²) in [6, 6.07) is 3.49. The molecular weight excluding hydrogens is 312 g/mol. The lowest BCUT2D eigenvalue weighted by molar-refractivity contribution is -0.161. The standard InChI is InChI=1S/C18H22O6/c1-22-12-4-5-13(23-2)15-11(12)6-8-17(16(21)24-3)9-7-14(20)18(15,17)10-19/h4-5,10,14,20H,6-9H2,1-3H3/t14-,17+,18+/m0/s1. The SMILES string of the molecule is COC(=O)[C@]12CCc3c(OC)ccc(OC)c3[C@@]1(C=O)[C@@H](O)CC2. The van der Waals surface area contributed by atoms with Gasteiger partial charge < -0.3 is 24.1 Å². The minimum atomic E-state index is -1.38. The van der Waals surface area contributed by atoms with E-state index in [1.54, 1.807) is 19.2 Å². The normalized spacial score (nSPS) is 30.9. The molecule has 2 aliphatic carbocycles. The number of methoxy groups -OCH3 is 3. The molecule has 0 unspecified atom stereocenters. The molecule has 0 aromatic heterocycles. The minimum Gasteiger partial charge on any atom is -0.496 e. The molecule has 1 N–H and O–H groups in total. The fourth-order valence-electron chi connectivity index (χ4n) is 4.70. The number of hydrogen-bond acceptors (Lipinski definition) is 6. The van der Waals surface area contributed by atoms with Crippen molar-refractivity contribution < 1.29 is 28.9 Å². The van der Waals surface area contributed by atoms with Gasteiger partial charge in [-0.3, -0.25) is 4.79 Å². The maximum Gasteiger partial charge on any atom is 0.313 e. The number of aliphatic hydroxyl groups is 1. The van der Waals surface area contributed by atoms with Crippen LogP contribution in [-0.4, -0.2) is 44.8 Å². The Morgan fingerprint density at radius 2 is 1.88 bits per heavy atom. The molecule has 0 amide bonds. The Kier molecular flexibility index (Phi) is 4.03. The van der Waals surface area contributed by atoms with Gasteiger partial charge in [-0.25, -0.2) is 0 Å². The molecule has 6 nitrogen and oxygen atoms in total. The Balaban J connectivity index is 2.38. The second-order valence-electron chi connectivity index (χ2n) is 6.44. The van der Waals surface area contributed by atoms with Gasteiger partial charge in [0.2, 0.25) is 0 Å². The number of ether oxygens (including phenoxy) is 3. The van der Waals surface area contributed by atoms with Crippen molar-refractivity contribution in [2.45, 2.75) is 37.2 Å². The fraction of sp³-hybridized carbons (Fsp3) is 0.556. The molecule has 2 aliphatic rings. The van der Waals surface area contributed by atoms with E-state index in [4.69, 9.17) is 14.2 Å². The van der Waals surface area contributed by atoms with Crippen LogP contribution in [0.4, 0.5) is 0 Å². The number of esters is 1. The van der Waals surface area contributed by atoms with Crippen LogP contribution < -0.4 is 9.47 Å². The maximum atomic E-state index is 12.7. The van der Waals surface area contributed by atoms with Crippen molar-refractivity contribution in [3.63, 3.8) is 0 Å². The Bertz CT molecular complexity index is 684. The van der Waals surface area contributed by atoms with Crippen LogP contribution in [0, 0.1) is 5.41 Å². The lowest BCUT2D eigenvalue weighted by atomic mass is 9.55. The molecule has 1 fully saturated rings. The van der Waals surface area contributed by atoms with Crippen LogP contribution >= 0.6 is 0 Å². The van der Waals surface area contributed by atoms with E-state index in [1.165, 1.54) is 14.2 Å². The average Bonchev–Trinajstić information content (AvgIpc) is 2.94. The van der Waals surface area contributed by atoms with Crippen molar-refractivity contribution in [3.8, 4) is 11.5 Å². The number of rotatable bonds is 4. The third-order valence-electron chi connectivity index (χ3n) is 5.81. The predicted molar refractivity (Wildman–Crippen MR) is 85.3 cm³/mol. The van der Waals surface area contributed by atoms with E-state index in [1.807, 2.05) is 0 Å². The van der Waals surface area contributed by atoms with Gasteiger partial charge in [0.05, 0.1) is 38.3 Å². The third-order valence-corrected chi connectivity index (χ3v) is 5.81. The lowest BCUT2D eigenvalue weighted by Crippen LogP contribution is -2.56. The Morgan fingerprint density at radius 3 is 2.46 bits per heavy atom. The summed E-state index contributed by atoms with van der Waals surface area (Å²) in [7, 11) is 4.38. The van der Waals surface area contributed by atoms with Gasteiger partial charge in [-0.1, -0.05) is 0 Å². The lowest BCUT2D eigenvalue weighted by Gasteiger charge is -2.47. The van der Waals surface area contributed by atoms with Gasteiger partial charge in [0, 0.05) is 11.1 Å². The van der Waals surface area contributed by atoms with Crippen molar-refractivity contribution in [3.05, 3.63) is 23.3 Å². The molecule has 24 heavy (non-hydrogen) atoms. The molecule has 0 spiro atoms. The first-order valence-electron chi connectivity index (χ1n) is 7.99. The highest BCUT2D eigenvalue weighted by Gasteiger charge is 2.68. The van der Waals surface area contributed by atoms with E-state index in [2.05, 4.69) is 0 Å². The summed E-state index contributed by atoms with van der Waals surface area (Å²) in [5.74, 6) is 0.651. The molecule has 0 heterocycles. The molecule has 0 radical (unpaired) electrons. The summed E-state index contributed by atoms with van der Waals surface area (Å²) in [6.07, 6.45) is 1.46. The summed E-state index contributed by atoms with van der Waals surface area (Å²) in [5, 5.41) is 10.8. The Morgan fingerprint density at radius 1 is 1.21 bits per heavy atom. The molecule has 0 aliphatic heterocycles. The third kappa shape index (κ3) is 1.80. The van der Waals surface area contributed by atoms with E-state index in [9.17, 15) is 14.7 Å². The van der Waals surface area contributed by atoms with Crippen molar-refractivity contribution in [1.29, 1.82) is 0 Å². The second-order valence-corrected chi connectivity index (χ2v) is 6.44. The van der Waals surface area contributed by atoms with Gasteiger partial charge in [0.1, 0.15) is 17.8 Å². The van der Waals surface area contributed by atoms with Crippen LogP contribution in [0.25, 0.3) is 0 Å². The van der Waals surface area contributed by atoms with Gasteiger partial charge in [-0.2, -0.15) is 0 Å². The number of aliphatic hydroxyl groups excluding tert-OH is 1. The number of carbonyl (C=O) groups excluding carboxylic acids is 2. The first-order chi connectivity index (χ1) is 11.5. The first kappa shape index (κ1) is 16.8. The molecular formula is C18H22O6. The summed E-state index contributed by atoms with van der Waals surface area (Å²) < 4.78 is 15.9. The maximum absolute atomic E-state index is 12.7.